The highest BCUT2D eigenvalue weighted by Gasteiger charge is 2.27. The Hall–Kier alpha value is -2.71. The van der Waals surface area contributed by atoms with Crippen LogP contribution >= 0.6 is 0 Å². The number of aryl methyl sites for hydroxylation is 3. The van der Waals surface area contributed by atoms with E-state index in [1.54, 1.807) is 12.1 Å². The van der Waals surface area contributed by atoms with Crippen molar-refractivity contribution < 1.29 is 24.0 Å². The van der Waals surface area contributed by atoms with E-state index in [0.29, 0.717) is 5.56 Å². The molecule has 0 fully saturated rings. The topological polar surface area (TPSA) is 89.9 Å². The fourth-order valence-corrected chi connectivity index (χ4v) is 3.28. The number of rotatable bonds is 4. The van der Waals surface area contributed by atoms with Gasteiger partial charge in [0.05, 0.1) is 5.56 Å². The maximum absolute atomic E-state index is 14.6. The van der Waals surface area contributed by atoms with E-state index in [1.165, 1.54) is 18.0 Å². The standard InChI is InChI=1S/C22H28BFN2O4/c1-13-7-14(2)9-16(8-13)21(28)26(12-22(4,5)6)25-20(27)19-15(3)10-17(23(29)30)11-18(19)24/h7-11,29-30H,12H2,1-6H3,(H,25,27). The second-order valence-electron chi connectivity index (χ2n) is 8.84. The third kappa shape index (κ3) is 5.90. The summed E-state index contributed by atoms with van der Waals surface area (Å²) in [6.07, 6.45) is 0. The average molecular weight is 414 g/mol. The van der Waals surface area contributed by atoms with Gasteiger partial charge in [0.1, 0.15) is 5.82 Å². The molecule has 0 heterocycles. The molecule has 0 spiro atoms. The number of hydrogen-bond acceptors (Lipinski definition) is 4. The van der Waals surface area contributed by atoms with Crippen LogP contribution in [0, 0.1) is 32.0 Å². The van der Waals surface area contributed by atoms with Crippen molar-refractivity contribution >= 4 is 24.4 Å². The summed E-state index contributed by atoms with van der Waals surface area (Å²) in [5.74, 6) is -2.08. The molecule has 0 aromatic heterocycles. The molecule has 0 aliphatic rings. The van der Waals surface area contributed by atoms with Gasteiger partial charge in [-0.25, -0.2) is 9.40 Å². The third-order valence-electron chi connectivity index (χ3n) is 4.42. The Morgan fingerprint density at radius 3 is 2.07 bits per heavy atom. The molecule has 2 rings (SSSR count). The molecule has 3 N–H and O–H groups in total. The third-order valence-corrected chi connectivity index (χ3v) is 4.42. The highest BCUT2D eigenvalue weighted by Crippen LogP contribution is 2.19. The van der Waals surface area contributed by atoms with Gasteiger partial charge in [0.25, 0.3) is 11.8 Å². The smallest absolute Gasteiger partial charge is 0.423 e. The number of halogens is 1. The minimum Gasteiger partial charge on any atom is -0.423 e. The first kappa shape index (κ1) is 23.6. The summed E-state index contributed by atoms with van der Waals surface area (Å²) in [7, 11) is -1.85. The van der Waals surface area contributed by atoms with Crippen LogP contribution in [0.1, 0.15) is 58.2 Å². The van der Waals surface area contributed by atoms with Crippen LogP contribution in [0.5, 0.6) is 0 Å². The number of hydrazine groups is 1. The molecule has 2 aromatic carbocycles. The van der Waals surface area contributed by atoms with Crippen LogP contribution in [0.25, 0.3) is 0 Å². The Morgan fingerprint density at radius 1 is 1.03 bits per heavy atom. The lowest BCUT2D eigenvalue weighted by atomic mass is 9.79. The highest BCUT2D eigenvalue weighted by atomic mass is 19.1. The van der Waals surface area contributed by atoms with E-state index in [9.17, 15) is 24.0 Å². The zero-order valence-electron chi connectivity index (χ0n) is 18.2. The van der Waals surface area contributed by atoms with Crippen LogP contribution < -0.4 is 10.9 Å². The quantitative estimate of drug-likeness (QED) is 0.529. The lowest BCUT2D eigenvalue weighted by Gasteiger charge is -2.30. The number of nitrogens with one attached hydrogen (secondary N) is 1. The van der Waals surface area contributed by atoms with Gasteiger partial charge >= 0.3 is 7.12 Å². The first-order chi connectivity index (χ1) is 13.8. The van der Waals surface area contributed by atoms with E-state index in [2.05, 4.69) is 5.43 Å². The van der Waals surface area contributed by atoms with Gasteiger partial charge in [0.2, 0.25) is 0 Å². The average Bonchev–Trinajstić information content (AvgIpc) is 2.57. The molecule has 0 saturated heterocycles. The Labute approximate surface area is 176 Å². The number of carbonyl (C=O) groups excluding carboxylic acids is 2. The number of amides is 2. The zero-order valence-corrected chi connectivity index (χ0v) is 18.2. The molecule has 0 aliphatic carbocycles. The molecule has 0 aliphatic heterocycles. The molecule has 0 saturated carbocycles. The fourth-order valence-electron chi connectivity index (χ4n) is 3.28. The predicted octanol–water partition coefficient (Wildman–Crippen LogP) is 2.26. The van der Waals surface area contributed by atoms with Crippen molar-refractivity contribution in [3.63, 3.8) is 0 Å². The molecule has 160 valence electrons. The molecule has 0 radical (unpaired) electrons. The first-order valence-corrected chi connectivity index (χ1v) is 9.66. The highest BCUT2D eigenvalue weighted by molar-refractivity contribution is 6.58. The SMILES string of the molecule is Cc1cc(C)cc(C(=O)N(CC(C)(C)C)NC(=O)c2c(C)cc(B(O)O)cc2F)c1. The summed E-state index contributed by atoms with van der Waals surface area (Å²) >= 11 is 0. The number of carbonyl (C=O) groups is 2. The molecule has 30 heavy (non-hydrogen) atoms. The van der Waals surface area contributed by atoms with Gasteiger partial charge in [0.15, 0.2) is 0 Å². The molecule has 2 aromatic rings. The molecule has 0 unspecified atom stereocenters. The van der Waals surface area contributed by atoms with Crippen LogP contribution in [0.2, 0.25) is 0 Å². The summed E-state index contributed by atoms with van der Waals surface area (Å²) in [5.41, 5.74) is 4.38. The summed E-state index contributed by atoms with van der Waals surface area (Å²) in [4.78, 5) is 26.0. The Kier molecular flexibility index (Phi) is 7.05. The molecular weight excluding hydrogens is 386 g/mol. The van der Waals surface area contributed by atoms with E-state index in [1.807, 2.05) is 40.7 Å². The second kappa shape index (κ2) is 8.98. The predicted molar refractivity (Wildman–Crippen MR) is 115 cm³/mol. The lowest BCUT2D eigenvalue weighted by molar-refractivity contribution is 0.0507. The molecule has 2 amide bonds. The molecule has 8 heteroatoms. The zero-order chi connectivity index (χ0) is 22.8. The molecule has 0 bridgehead atoms. The van der Waals surface area contributed by atoms with Gasteiger partial charge in [-0.15, -0.1) is 0 Å². The minimum absolute atomic E-state index is 0.0561. The van der Waals surface area contributed by atoms with Crippen LogP contribution in [-0.4, -0.2) is 40.5 Å². The number of nitrogens with zero attached hydrogens (tertiary/aromatic N) is 1. The normalized spacial score (nSPS) is 11.2. The van der Waals surface area contributed by atoms with Gasteiger partial charge in [-0.3, -0.25) is 15.0 Å². The van der Waals surface area contributed by atoms with Crippen molar-refractivity contribution in [1.29, 1.82) is 0 Å². The Balaban J connectivity index is 2.39. The summed E-state index contributed by atoms with van der Waals surface area (Å²) in [5, 5.41) is 19.7. The van der Waals surface area contributed by atoms with Crippen molar-refractivity contribution in [2.75, 3.05) is 6.54 Å². The first-order valence-electron chi connectivity index (χ1n) is 9.66. The number of hydrogen-bond donors (Lipinski definition) is 3. The van der Waals surface area contributed by atoms with Gasteiger partial charge in [-0.2, -0.15) is 0 Å². The van der Waals surface area contributed by atoms with E-state index in [-0.39, 0.29) is 28.5 Å². The Bertz CT molecular complexity index is 927. The van der Waals surface area contributed by atoms with Crippen LogP contribution in [0.3, 0.4) is 0 Å². The van der Waals surface area contributed by atoms with Crippen molar-refractivity contribution in [2.24, 2.45) is 5.41 Å². The van der Waals surface area contributed by atoms with E-state index in [4.69, 9.17) is 0 Å². The summed E-state index contributed by atoms with van der Waals surface area (Å²) < 4.78 is 14.6. The van der Waals surface area contributed by atoms with Crippen molar-refractivity contribution in [3.05, 3.63) is 64.0 Å². The molecule has 0 atom stereocenters. The maximum atomic E-state index is 14.6. The molecule has 6 nitrogen and oxygen atoms in total. The van der Waals surface area contributed by atoms with Crippen molar-refractivity contribution in [1.82, 2.24) is 10.4 Å². The lowest BCUT2D eigenvalue weighted by Crippen LogP contribution is -2.50. The van der Waals surface area contributed by atoms with E-state index in [0.717, 1.165) is 17.2 Å². The largest absolute Gasteiger partial charge is 0.488 e. The summed E-state index contributed by atoms with van der Waals surface area (Å²) in [6.45, 7) is 11.2. The fraction of sp³-hybridized carbons (Fsp3) is 0.364. The summed E-state index contributed by atoms with van der Waals surface area (Å²) in [6, 6.07) is 7.63. The van der Waals surface area contributed by atoms with Gasteiger partial charge in [0, 0.05) is 12.1 Å². The minimum atomic E-state index is -1.85. The number of benzene rings is 2. The second-order valence-corrected chi connectivity index (χ2v) is 8.84. The van der Waals surface area contributed by atoms with Crippen molar-refractivity contribution in [2.45, 2.75) is 41.5 Å². The monoisotopic (exact) mass is 414 g/mol. The Morgan fingerprint density at radius 2 is 1.60 bits per heavy atom. The van der Waals surface area contributed by atoms with Crippen LogP contribution in [-0.2, 0) is 0 Å². The van der Waals surface area contributed by atoms with Gasteiger partial charge < -0.3 is 10.0 Å². The van der Waals surface area contributed by atoms with Crippen LogP contribution in [0.4, 0.5) is 4.39 Å². The van der Waals surface area contributed by atoms with E-state index >= 15 is 0 Å². The van der Waals surface area contributed by atoms with E-state index < -0.39 is 24.7 Å². The molecular formula is C22H28BFN2O4. The van der Waals surface area contributed by atoms with Gasteiger partial charge in [-0.05, 0) is 55.4 Å². The van der Waals surface area contributed by atoms with Gasteiger partial charge in [-0.1, -0.05) is 44.0 Å². The van der Waals surface area contributed by atoms with Crippen LogP contribution in [0.15, 0.2) is 30.3 Å². The maximum Gasteiger partial charge on any atom is 0.488 e. The van der Waals surface area contributed by atoms with Crippen molar-refractivity contribution in [3.8, 4) is 0 Å².